The van der Waals surface area contributed by atoms with E-state index in [4.69, 9.17) is 10.7 Å². The Morgan fingerprint density at radius 3 is 2.59 bits per heavy atom. The maximum absolute atomic E-state index is 6.76. The second kappa shape index (κ2) is 8.33. The zero-order valence-electron chi connectivity index (χ0n) is 16.8. The summed E-state index contributed by atoms with van der Waals surface area (Å²) in [5, 5.41) is 7.20. The number of nitrogens with one attached hydrogen (secondary N) is 2. The van der Waals surface area contributed by atoms with Crippen molar-refractivity contribution in [3.05, 3.63) is 45.6 Å². The second-order valence-electron chi connectivity index (χ2n) is 8.09. The Morgan fingerprint density at radius 2 is 1.96 bits per heavy atom. The highest BCUT2D eigenvalue weighted by molar-refractivity contribution is 9.10. The molecule has 0 spiro atoms. The van der Waals surface area contributed by atoms with Crippen molar-refractivity contribution in [1.29, 1.82) is 0 Å². The van der Waals surface area contributed by atoms with Gasteiger partial charge in [-0.2, -0.15) is 0 Å². The van der Waals surface area contributed by atoms with Gasteiger partial charge in [-0.1, -0.05) is 28.1 Å². The first-order valence-electron chi connectivity index (χ1n) is 9.78. The highest BCUT2D eigenvalue weighted by atomic mass is 79.9. The molecule has 1 unspecified atom stereocenters. The normalized spacial score (nSPS) is 28.6. The number of nitrogens with two attached hydrogens (primary N) is 1. The number of likely N-dealkylation sites (N-methyl/N-ethyl adjacent to an activating group) is 1. The molecule has 6 heteroatoms. The molecule has 0 aromatic heterocycles. The highest BCUT2D eigenvalue weighted by Crippen LogP contribution is 2.34. The van der Waals surface area contributed by atoms with Gasteiger partial charge >= 0.3 is 0 Å². The molecule has 0 amide bonds. The van der Waals surface area contributed by atoms with Crippen molar-refractivity contribution in [3.63, 3.8) is 0 Å². The lowest BCUT2D eigenvalue weighted by molar-refractivity contribution is 0.163. The molecule has 2 aliphatic rings. The average Bonchev–Trinajstić information content (AvgIpc) is 2.63. The molecular weight excluding hydrogens is 402 g/mol. The lowest BCUT2D eigenvalue weighted by Crippen LogP contribution is -2.61. The van der Waals surface area contributed by atoms with Crippen molar-refractivity contribution in [2.75, 3.05) is 14.1 Å². The fourth-order valence-electron chi connectivity index (χ4n) is 4.12. The van der Waals surface area contributed by atoms with Crippen LogP contribution in [0.2, 0.25) is 0 Å². The molecule has 5 nitrogen and oxygen atoms in total. The zero-order valence-corrected chi connectivity index (χ0v) is 18.4. The van der Waals surface area contributed by atoms with Crippen molar-refractivity contribution >= 4 is 21.8 Å². The van der Waals surface area contributed by atoms with Crippen LogP contribution in [0.5, 0.6) is 0 Å². The van der Waals surface area contributed by atoms with E-state index < -0.39 is 5.79 Å². The summed E-state index contributed by atoms with van der Waals surface area (Å²) in [5.74, 6) is 0.640. The van der Waals surface area contributed by atoms with Gasteiger partial charge in [-0.05, 0) is 57.2 Å². The number of hydrogen-bond acceptors (Lipinski definition) is 5. The quantitative estimate of drug-likeness (QED) is 0.678. The van der Waals surface area contributed by atoms with Crippen LogP contribution in [0.4, 0.5) is 0 Å². The molecule has 1 fully saturated rings. The standard InChI is InChI=1S/C21H32BrN5/c1-14-15(2)25-21(23,26-20(14)27(3)4)17-8-10-19(11-9-17)24-13-16-6-5-7-18(22)12-16/h5-7,12,17,19,24-25H,8-11,13,23H2,1-4H3. The third-order valence-corrected chi connectivity index (χ3v) is 6.33. The maximum atomic E-state index is 6.76. The van der Waals surface area contributed by atoms with Crippen LogP contribution in [0.1, 0.15) is 45.1 Å². The molecule has 1 atom stereocenters. The predicted molar refractivity (Wildman–Crippen MR) is 116 cm³/mol. The van der Waals surface area contributed by atoms with Crippen LogP contribution in [0.3, 0.4) is 0 Å². The van der Waals surface area contributed by atoms with Gasteiger partial charge < -0.3 is 15.5 Å². The summed E-state index contributed by atoms with van der Waals surface area (Å²) in [4.78, 5) is 6.98. The number of rotatable bonds is 4. The Hall–Kier alpha value is -1.37. The molecule has 0 saturated heterocycles. The first-order chi connectivity index (χ1) is 12.8. The van der Waals surface area contributed by atoms with Gasteiger partial charge in [-0.15, -0.1) is 0 Å². The van der Waals surface area contributed by atoms with Crippen LogP contribution < -0.4 is 16.4 Å². The fraction of sp³-hybridized carbons (Fsp3) is 0.571. The largest absolute Gasteiger partial charge is 0.363 e. The van der Waals surface area contributed by atoms with Gasteiger partial charge in [0.2, 0.25) is 0 Å². The Kier molecular flexibility index (Phi) is 6.28. The second-order valence-corrected chi connectivity index (χ2v) is 9.01. The van der Waals surface area contributed by atoms with Crippen molar-refractivity contribution < 1.29 is 0 Å². The molecule has 1 saturated carbocycles. The maximum Gasteiger partial charge on any atom is 0.187 e. The molecule has 148 valence electrons. The summed E-state index contributed by atoms with van der Waals surface area (Å²) in [6.45, 7) is 5.11. The number of aliphatic imine (C=N–C) groups is 1. The Labute approximate surface area is 171 Å². The minimum atomic E-state index is -0.696. The highest BCUT2D eigenvalue weighted by Gasteiger charge is 2.40. The van der Waals surface area contributed by atoms with E-state index in [0.717, 1.165) is 48.2 Å². The van der Waals surface area contributed by atoms with Crippen LogP contribution in [0.25, 0.3) is 0 Å². The van der Waals surface area contributed by atoms with E-state index in [-0.39, 0.29) is 0 Å². The third kappa shape index (κ3) is 4.73. The van der Waals surface area contributed by atoms with E-state index >= 15 is 0 Å². The van der Waals surface area contributed by atoms with E-state index in [1.54, 1.807) is 0 Å². The fourth-order valence-corrected chi connectivity index (χ4v) is 4.57. The number of allylic oxidation sites excluding steroid dienone is 1. The third-order valence-electron chi connectivity index (χ3n) is 5.83. The van der Waals surface area contributed by atoms with Crippen LogP contribution in [-0.4, -0.2) is 36.7 Å². The van der Waals surface area contributed by atoms with Crippen LogP contribution >= 0.6 is 15.9 Å². The minimum absolute atomic E-state index is 0.347. The molecule has 1 heterocycles. The lowest BCUT2D eigenvalue weighted by atomic mass is 9.81. The van der Waals surface area contributed by atoms with Crippen LogP contribution in [-0.2, 0) is 6.54 Å². The SMILES string of the molecule is CC1=C(C)C(N(C)C)=NC(N)(C2CCC(NCc3cccc(Br)c3)CC2)N1. The van der Waals surface area contributed by atoms with Crippen LogP contribution in [0, 0.1) is 5.92 Å². The summed E-state index contributed by atoms with van der Waals surface area (Å²) < 4.78 is 1.13. The molecule has 3 rings (SSSR count). The molecule has 1 aromatic rings. The molecular formula is C21H32BrN5. The Balaban J connectivity index is 1.58. The van der Waals surface area contributed by atoms with Crippen molar-refractivity contribution in [1.82, 2.24) is 15.5 Å². The summed E-state index contributed by atoms with van der Waals surface area (Å²) in [6, 6.07) is 9.03. The predicted octanol–water partition coefficient (Wildman–Crippen LogP) is 3.57. The summed E-state index contributed by atoms with van der Waals surface area (Å²) in [7, 11) is 4.06. The Bertz CT molecular complexity index is 734. The molecule has 0 radical (unpaired) electrons. The smallest absolute Gasteiger partial charge is 0.187 e. The number of hydrogen-bond donors (Lipinski definition) is 3. The molecule has 4 N–H and O–H groups in total. The minimum Gasteiger partial charge on any atom is -0.363 e. The van der Waals surface area contributed by atoms with Crippen LogP contribution in [0.15, 0.2) is 45.0 Å². The van der Waals surface area contributed by atoms with E-state index in [1.807, 2.05) is 14.1 Å². The van der Waals surface area contributed by atoms with Crippen molar-refractivity contribution in [3.8, 4) is 0 Å². The average molecular weight is 434 g/mol. The lowest BCUT2D eigenvalue weighted by Gasteiger charge is -2.43. The number of amidine groups is 1. The van der Waals surface area contributed by atoms with Crippen molar-refractivity contribution in [2.24, 2.45) is 16.6 Å². The molecule has 1 aliphatic carbocycles. The van der Waals surface area contributed by atoms with E-state index in [1.165, 1.54) is 11.1 Å². The zero-order chi connectivity index (χ0) is 19.6. The summed E-state index contributed by atoms with van der Waals surface area (Å²) in [6.07, 6.45) is 4.42. The van der Waals surface area contributed by atoms with Gasteiger partial charge in [-0.3, -0.25) is 5.73 Å². The molecule has 1 aromatic carbocycles. The summed E-state index contributed by atoms with van der Waals surface area (Å²) in [5.41, 5.74) is 10.4. The monoisotopic (exact) mass is 433 g/mol. The van der Waals surface area contributed by atoms with E-state index in [9.17, 15) is 0 Å². The van der Waals surface area contributed by atoms with E-state index in [2.05, 4.69) is 69.6 Å². The van der Waals surface area contributed by atoms with Crippen molar-refractivity contribution in [2.45, 2.75) is 57.9 Å². The van der Waals surface area contributed by atoms with Gasteiger partial charge in [0.05, 0.1) is 0 Å². The topological polar surface area (TPSA) is 65.7 Å². The number of halogens is 1. The Morgan fingerprint density at radius 1 is 1.26 bits per heavy atom. The number of nitrogens with zero attached hydrogens (tertiary/aromatic N) is 2. The van der Waals surface area contributed by atoms with E-state index in [0.29, 0.717) is 12.0 Å². The molecule has 27 heavy (non-hydrogen) atoms. The summed E-state index contributed by atoms with van der Waals surface area (Å²) >= 11 is 3.54. The van der Waals surface area contributed by atoms with Gasteiger partial charge in [0.1, 0.15) is 5.84 Å². The van der Waals surface area contributed by atoms with Gasteiger partial charge in [0, 0.05) is 48.3 Å². The molecule has 0 bridgehead atoms. The van der Waals surface area contributed by atoms with Gasteiger partial charge in [-0.25, -0.2) is 4.99 Å². The first-order valence-corrected chi connectivity index (χ1v) is 10.6. The van der Waals surface area contributed by atoms with Gasteiger partial charge in [0.25, 0.3) is 0 Å². The van der Waals surface area contributed by atoms with Gasteiger partial charge in [0.15, 0.2) is 5.79 Å². The number of benzene rings is 1. The molecule has 1 aliphatic heterocycles. The first kappa shape index (κ1) is 20.4.